The predicted molar refractivity (Wildman–Crippen MR) is 85.1 cm³/mol. The van der Waals surface area contributed by atoms with E-state index in [1.807, 2.05) is 12.1 Å². The topological polar surface area (TPSA) is 35.5 Å². The molecular formula is C19H20O3. The molecule has 0 N–H and O–H groups in total. The van der Waals surface area contributed by atoms with Gasteiger partial charge in [-0.2, -0.15) is 0 Å². The van der Waals surface area contributed by atoms with Crippen molar-refractivity contribution in [2.45, 2.75) is 39.2 Å². The second-order valence-electron chi connectivity index (χ2n) is 6.59. The molecular weight excluding hydrogens is 276 g/mol. The molecule has 0 radical (unpaired) electrons. The van der Waals surface area contributed by atoms with Crippen LogP contribution in [0.4, 0.5) is 0 Å². The maximum atomic E-state index is 12.3. The molecule has 22 heavy (non-hydrogen) atoms. The molecule has 1 aromatic rings. The number of hydrogen-bond acceptors (Lipinski definition) is 3. The first-order valence-electron chi connectivity index (χ1n) is 7.87. The van der Waals surface area contributed by atoms with Crippen molar-refractivity contribution in [3.8, 4) is 11.5 Å². The van der Waals surface area contributed by atoms with Gasteiger partial charge in [0, 0.05) is 18.1 Å². The van der Waals surface area contributed by atoms with Crippen LogP contribution in [0.1, 0.15) is 38.7 Å². The van der Waals surface area contributed by atoms with Crippen molar-refractivity contribution < 1.29 is 14.3 Å². The molecule has 114 valence electrons. The number of methoxy groups -OCH3 is 1. The van der Waals surface area contributed by atoms with Gasteiger partial charge >= 0.3 is 0 Å². The maximum absolute atomic E-state index is 12.3. The van der Waals surface area contributed by atoms with Gasteiger partial charge in [0.1, 0.15) is 23.4 Å². The summed E-state index contributed by atoms with van der Waals surface area (Å²) in [6.07, 6.45) is 4.48. The Bertz CT molecular complexity index is 741. The van der Waals surface area contributed by atoms with Crippen molar-refractivity contribution in [1.29, 1.82) is 0 Å². The fraction of sp³-hybridized carbons (Fsp3) is 0.421. The number of fused-ring (bicyclic) bond motifs is 4. The highest BCUT2D eigenvalue weighted by molar-refractivity contribution is 5.97. The second kappa shape index (κ2) is 4.48. The lowest BCUT2D eigenvalue weighted by atomic mass is 9.67. The average molecular weight is 296 g/mol. The van der Waals surface area contributed by atoms with Crippen molar-refractivity contribution in [3.05, 3.63) is 41.0 Å². The number of carbonyl (C=O) groups excluding carboxylic acids is 1. The van der Waals surface area contributed by atoms with Crippen LogP contribution in [-0.2, 0) is 4.79 Å². The summed E-state index contributed by atoms with van der Waals surface area (Å²) in [6, 6.07) is 6.01. The number of allylic oxidation sites excluding steroid dienone is 2. The van der Waals surface area contributed by atoms with E-state index < -0.39 is 0 Å². The summed E-state index contributed by atoms with van der Waals surface area (Å²) in [7, 11) is 1.67. The van der Waals surface area contributed by atoms with E-state index in [0.29, 0.717) is 12.2 Å². The van der Waals surface area contributed by atoms with Crippen molar-refractivity contribution in [3.63, 3.8) is 0 Å². The molecule has 0 saturated heterocycles. The lowest BCUT2D eigenvalue weighted by Gasteiger charge is -2.40. The van der Waals surface area contributed by atoms with E-state index in [1.54, 1.807) is 7.11 Å². The molecule has 0 bridgehead atoms. The van der Waals surface area contributed by atoms with Gasteiger partial charge < -0.3 is 9.47 Å². The van der Waals surface area contributed by atoms with Crippen molar-refractivity contribution in [1.82, 2.24) is 0 Å². The Morgan fingerprint density at radius 1 is 1.36 bits per heavy atom. The Labute approximate surface area is 130 Å². The molecule has 4 rings (SSSR count). The van der Waals surface area contributed by atoms with Crippen LogP contribution < -0.4 is 9.47 Å². The summed E-state index contributed by atoms with van der Waals surface area (Å²) in [4.78, 5) is 12.3. The molecule has 0 saturated carbocycles. The molecule has 1 heterocycles. The Morgan fingerprint density at radius 2 is 2.18 bits per heavy atom. The third-order valence-corrected chi connectivity index (χ3v) is 5.42. The van der Waals surface area contributed by atoms with E-state index in [1.165, 1.54) is 16.7 Å². The van der Waals surface area contributed by atoms with E-state index >= 15 is 0 Å². The van der Waals surface area contributed by atoms with Crippen LogP contribution in [0.3, 0.4) is 0 Å². The van der Waals surface area contributed by atoms with Crippen LogP contribution in [0.25, 0.3) is 5.57 Å². The van der Waals surface area contributed by atoms with Gasteiger partial charge in [0.15, 0.2) is 0 Å². The molecule has 2 atom stereocenters. The molecule has 3 aliphatic rings. The monoisotopic (exact) mass is 296 g/mol. The van der Waals surface area contributed by atoms with Crippen LogP contribution in [-0.4, -0.2) is 19.0 Å². The number of hydrogen-bond donors (Lipinski definition) is 0. The molecule has 1 aromatic carbocycles. The SMILES string of the molecule is COc1ccc2c(c1)O[C@H](C)C1=C2CC[C@@]2(C)C(=O)CC=C12. The maximum Gasteiger partial charge on any atom is 0.146 e. The average Bonchev–Trinajstić information content (AvgIpc) is 2.82. The molecule has 1 aliphatic heterocycles. The minimum absolute atomic E-state index is 0.0219. The van der Waals surface area contributed by atoms with Gasteiger partial charge in [-0.25, -0.2) is 0 Å². The number of rotatable bonds is 1. The Kier molecular flexibility index (Phi) is 2.77. The van der Waals surface area contributed by atoms with Gasteiger partial charge in [0.05, 0.1) is 12.5 Å². The molecule has 0 amide bonds. The molecule has 0 fully saturated rings. The van der Waals surface area contributed by atoms with Gasteiger partial charge in [-0.05, 0) is 55.5 Å². The minimum atomic E-state index is -0.305. The minimum Gasteiger partial charge on any atom is -0.497 e. The Morgan fingerprint density at radius 3 is 2.95 bits per heavy atom. The van der Waals surface area contributed by atoms with Crippen LogP contribution >= 0.6 is 0 Å². The lowest BCUT2D eigenvalue weighted by Crippen LogP contribution is -2.35. The van der Waals surface area contributed by atoms with E-state index in [2.05, 4.69) is 26.0 Å². The van der Waals surface area contributed by atoms with Crippen molar-refractivity contribution >= 4 is 11.4 Å². The first-order valence-corrected chi connectivity index (χ1v) is 7.87. The van der Waals surface area contributed by atoms with Gasteiger partial charge in [0.25, 0.3) is 0 Å². The lowest BCUT2D eigenvalue weighted by molar-refractivity contribution is -0.124. The molecule has 0 spiro atoms. The highest BCUT2D eigenvalue weighted by atomic mass is 16.5. The van der Waals surface area contributed by atoms with Gasteiger partial charge in [-0.3, -0.25) is 4.79 Å². The third kappa shape index (κ3) is 1.65. The van der Waals surface area contributed by atoms with Gasteiger partial charge in [-0.15, -0.1) is 0 Å². The predicted octanol–water partition coefficient (Wildman–Crippen LogP) is 3.93. The van der Waals surface area contributed by atoms with Crippen LogP contribution in [0, 0.1) is 5.41 Å². The number of ether oxygens (including phenoxy) is 2. The summed E-state index contributed by atoms with van der Waals surface area (Å²) in [5.74, 6) is 2.05. The number of ketones is 1. The fourth-order valence-corrected chi connectivity index (χ4v) is 4.12. The largest absolute Gasteiger partial charge is 0.497 e. The zero-order valence-corrected chi connectivity index (χ0v) is 13.2. The smallest absolute Gasteiger partial charge is 0.146 e. The number of benzene rings is 1. The summed E-state index contributed by atoms with van der Waals surface area (Å²) in [6.45, 7) is 4.17. The second-order valence-corrected chi connectivity index (χ2v) is 6.59. The Balaban J connectivity index is 1.89. The van der Waals surface area contributed by atoms with Gasteiger partial charge in [-0.1, -0.05) is 6.08 Å². The molecule has 0 unspecified atom stereocenters. The summed E-state index contributed by atoms with van der Waals surface area (Å²) < 4.78 is 11.4. The first kappa shape index (κ1) is 13.6. The zero-order valence-electron chi connectivity index (χ0n) is 13.2. The van der Waals surface area contributed by atoms with Crippen LogP contribution in [0.5, 0.6) is 11.5 Å². The molecule has 3 nitrogen and oxygen atoms in total. The number of carbonyl (C=O) groups is 1. The highest BCUT2D eigenvalue weighted by Crippen LogP contribution is 2.55. The molecule has 2 aliphatic carbocycles. The van der Waals surface area contributed by atoms with Crippen LogP contribution in [0.15, 0.2) is 35.4 Å². The van der Waals surface area contributed by atoms with E-state index in [-0.39, 0.29) is 11.5 Å². The quantitative estimate of drug-likeness (QED) is 0.787. The van der Waals surface area contributed by atoms with E-state index in [9.17, 15) is 4.79 Å². The van der Waals surface area contributed by atoms with E-state index in [4.69, 9.17) is 9.47 Å². The summed E-state index contributed by atoms with van der Waals surface area (Å²) >= 11 is 0. The van der Waals surface area contributed by atoms with Crippen molar-refractivity contribution in [2.24, 2.45) is 5.41 Å². The summed E-state index contributed by atoms with van der Waals surface area (Å²) in [5.41, 5.74) is 4.62. The standard InChI is InChI=1S/C19H20O3/c1-11-18-14(8-9-19(2)15(18)6-7-17(19)20)13-5-4-12(21-3)10-16(13)22-11/h4-6,10-11H,7-9H2,1-3H3/t11-,19-/m1/s1. The normalized spacial score (nSPS) is 29.3. The van der Waals surface area contributed by atoms with Crippen LogP contribution in [0.2, 0.25) is 0 Å². The van der Waals surface area contributed by atoms with Gasteiger partial charge in [0.2, 0.25) is 0 Å². The summed E-state index contributed by atoms with van der Waals surface area (Å²) in [5, 5.41) is 0. The molecule has 3 heteroatoms. The fourth-order valence-electron chi connectivity index (χ4n) is 4.12. The third-order valence-electron chi connectivity index (χ3n) is 5.42. The first-order chi connectivity index (χ1) is 10.5. The van der Waals surface area contributed by atoms with E-state index in [0.717, 1.165) is 29.9 Å². The highest BCUT2D eigenvalue weighted by Gasteiger charge is 2.47. The molecule has 0 aromatic heterocycles. The Hall–Kier alpha value is -2.03. The number of Topliss-reactive ketones (excluding diaryl/α,β-unsaturated/α-hetero) is 1. The zero-order chi connectivity index (χ0) is 15.5. The van der Waals surface area contributed by atoms with Crippen molar-refractivity contribution in [2.75, 3.05) is 7.11 Å².